The molecule has 2 nitrogen and oxygen atoms in total. The molecule has 18 heavy (non-hydrogen) atoms. The zero-order valence-electron chi connectivity index (χ0n) is 9.66. The minimum Gasteiger partial charge on any atom is -0.349 e. The number of rotatable bonds is 2. The number of thiophene rings is 1. The largest absolute Gasteiger partial charge is 0.349 e. The standard InChI is InChI=1S/C13H13Br2NOS/c14-8-4-7(12(15)18-8)13(17)16-11-9-5-1-2-6(3-5)10(9)11/h4-6,9-11H,1-3H2,(H,16,17). The monoisotopic (exact) mass is 389 g/mol. The van der Waals surface area contributed by atoms with Gasteiger partial charge in [0, 0.05) is 6.04 Å². The van der Waals surface area contributed by atoms with Crippen molar-refractivity contribution in [2.45, 2.75) is 25.3 Å². The molecule has 1 heterocycles. The van der Waals surface area contributed by atoms with Gasteiger partial charge in [-0.1, -0.05) is 0 Å². The molecule has 0 saturated heterocycles. The van der Waals surface area contributed by atoms with Crippen molar-refractivity contribution in [1.82, 2.24) is 5.32 Å². The Morgan fingerprint density at radius 3 is 2.50 bits per heavy atom. The lowest BCUT2D eigenvalue weighted by Gasteiger charge is -2.10. The first-order valence-corrected chi connectivity index (χ1v) is 8.81. The van der Waals surface area contributed by atoms with Crippen molar-refractivity contribution in [3.63, 3.8) is 0 Å². The van der Waals surface area contributed by atoms with E-state index in [0.717, 1.165) is 36.8 Å². The second-order valence-electron chi connectivity index (χ2n) is 5.73. The third-order valence-corrected chi connectivity index (χ3v) is 7.27. The van der Waals surface area contributed by atoms with Crippen LogP contribution in [0.25, 0.3) is 0 Å². The lowest BCUT2D eigenvalue weighted by Crippen LogP contribution is -2.29. The van der Waals surface area contributed by atoms with Gasteiger partial charge < -0.3 is 5.32 Å². The Kier molecular flexibility index (Phi) is 2.69. The van der Waals surface area contributed by atoms with Crippen LogP contribution in [0.1, 0.15) is 29.6 Å². The highest BCUT2D eigenvalue weighted by atomic mass is 79.9. The second-order valence-corrected chi connectivity index (χ2v) is 9.47. The van der Waals surface area contributed by atoms with Gasteiger partial charge in [0.15, 0.2) is 0 Å². The maximum Gasteiger partial charge on any atom is 0.253 e. The van der Waals surface area contributed by atoms with Crippen LogP contribution in [-0.4, -0.2) is 11.9 Å². The first-order chi connectivity index (χ1) is 8.65. The average molecular weight is 391 g/mol. The first kappa shape index (κ1) is 11.9. The molecule has 2 bridgehead atoms. The lowest BCUT2D eigenvalue weighted by atomic mass is 10.0. The second kappa shape index (κ2) is 4.06. The summed E-state index contributed by atoms with van der Waals surface area (Å²) in [5.41, 5.74) is 0.768. The highest BCUT2D eigenvalue weighted by Gasteiger charge is 2.65. The van der Waals surface area contributed by atoms with E-state index >= 15 is 0 Å². The van der Waals surface area contributed by atoms with Gasteiger partial charge in [-0.3, -0.25) is 4.79 Å². The van der Waals surface area contributed by atoms with E-state index in [0.29, 0.717) is 6.04 Å². The number of halogens is 2. The van der Waals surface area contributed by atoms with Gasteiger partial charge in [0.25, 0.3) is 5.91 Å². The van der Waals surface area contributed by atoms with E-state index in [1.165, 1.54) is 19.3 Å². The molecule has 1 aromatic heterocycles. The van der Waals surface area contributed by atoms with Crippen molar-refractivity contribution in [3.05, 3.63) is 19.2 Å². The van der Waals surface area contributed by atoms with Crippen molar-refractivity contribution in [1.29, 1.82) is 0 Å². The lowest BCUT2D eigenvalue weighted by molar-refractivity contribution is 0.0944. The van der Waals surface area contributed by atoms with Crippen molar-refractivity contribution >= 4 is 49.1 Å². The first-order valence-electron chi connectivity index (χ1n) is 6.41. The number of hydrogen-bond donors (Lipinski definition) is 1. The summed E-state index contributed by atoms with van der Waals surface area (Å²) in [7, 11) is 0. The minimum absolute atomic E-state index is 0.0858. The fourth-order valence-electron chi connectivity index (χ4n) is 4.24. The molecule has 4 unspecified atom stereocenters. The van der Waals surface area contributed by atoms with Crippen LogP contribution in [0.5, 0.6) is 0 Å². The van der Waals surface area contributed by atoms with Crippen LogP contribution >= 0.6 is 43.2 Å². The van der Waals surface area contributed by atoms with E-state index in [1.54, 1.807) is 11.3 Å². The topological polar surface area (TPSA) is 29.1 Å². The van der Waals surface area contributed by atoms with Gasteiger partial charge in [0.1, 0.15) is 0 Å². The zero-order chi connectivity index (χ0) is 12.4. The Balaban J connectivity index is 1.48. The number of carbonyl (C=O) groups excluding carboxylic acids is 1. The SMILES string of the molecule is O=C(NC1C2C3CCC(C3)C12)c1cc(Br)sc1Br. The molecule has 4 rings (SSSR count). The molecule has 1 N–H and O–H groups in total. The van der Waals surface area contributed by atoms with Gasteiger partial charge in [-0.05, 0) is 80.9 Å². The van der Waals surface area contributed by atoms with Crippen LogP contribution in [-0.2, 0) is 0 Å². The van der Waals surface area contributed by atoms with Crippen LogP contribution in [0.2, 0.25) is 0 Å². The number of carbonyl (C=O) groups is 1. The predicted molar refractivity (Wildman–Crippen MR) is 78.8 cm³/mol. The molecule has 0 aromatic carbocycles. The fourth-order valence-corrected chi connectivity index (χ4v) is 7.04. The molecule has 3 aliphatic rings. The average Bonchev–Trinajstić information content (AvgIpc) is 2.70. The van der Waals surface area contributed by atoms with Gasteiger partial charge in [0.2, 0.25) is 0 Å². The van der Waals surface area contributed by atoms with Crippen LogP contribution in [0.4, 0.5) is 0 Å². The Hall–Kier alpha value is 0.130. The van der Waals surface area contributed by atoms with Crippen LogP contribution in [0, 0.1) is 23.7 Å². The summed E-state index contributed by atoms with van der Waals surface area (Å²) in [5, 5.41) is 3.24. The maximum atomic E-state index is 12.2. The fraction of sp³-hybridized carbons (Fsp3) is 0.615. The molecular formula is C13H13Br2NOS. The van der Waals surface area contributed by atoms with Crippen molar-refractivity contribution < 1.29 is 4.79 Å². The maximum absolute atomic E-state index is 12.2. The molecule has 1 amide bonds. The van der Waals surface area contributed by atoms with Crippen LogP contribution in [0.15, 0.2) is 13.6 Å². The van der Waals surface area contributed by atoms with E-state index in [4.69, 9.17) is 0 Å². The summed E-state index contributed by atoms with van der Waals surface area (Å²) < 4.78 is 1.91. The van der Waals surface area contributed by atoms with Gasteiger partial charge in [0.05, 0.1) is 13.1 Å². The Bertz CT molecular complexity index is 513. The molecule has 3 saturated carbocycles. The smallest absolute Gasteiger partial charge is 0.253 e. The molecule has 0 aliphatic heterocycles. The molecule has 96 valence electrons. The zero-order valence-corrected chi connectivity index (χ0v) is 13.6. The Morgan fingerprint density at radius 2 is 1.94 bits per heavy atom. The normalized spacial score (nSPS) is 39.8. The van der Waals surface area contributed by atoms with Crippen LogP contribution < -0.4 is 5.32 Å². The van der Waals surface area contributed by atoms with Gasteiger partial charge in [-0.15, -0.1) is 11.3 Å². The number of amides is 1. The molecule has 3 aliphatic carbocycles. The summed E-state index contributed by atoms with van der Waals surface area (Å²) in [6.45, 7) is 0. The van der Waals surface area contributed by atoms with E-state index in [9.17, 15) is 4.79 Å². The predicted octanol–water partition coefficient (Wildman–Crippen LogP) is 4.05. The minimum atomic E-state index is 0.0858. The van der Waals surface area contributed by atoms with Crippen molar-refractivity contribution in [3.8, 4) is 0 Å². The van der Waals surface area contributed by atoms with E-state index < -0.39 is 0 Å². The molecule has 0 spiro atoms. The highest BCUT2D eigenvalue weighted by molar-refractivity contribution is 9.12. The van der Waals surface area contributed by atoms with E-state index in [2.05, 4.69) is 37.2 Å². The molecule has 0 radical (unpaired) electrons. The summed E-state index contributed by atoms with van der Waals surface area (Å²) in [6, 6.07) is 2.37. The van der Waals surface area contributed by atoms with E-state index in [-0.39, 0.29) is 5.91 Å². The van der Waals surface area contributed by atoms with Crippen LogP contribution in [0.3, 0.4) is 0 Å². The van der Waals surface area contributed by atoms with Gasteiger partial charge in [-0.25, -0.2) is 0 Å². The van der Waals surface area contributed by atoms with E-state index in [1.807, 2.05) is 6.07 Å². The molecular weight excluding hydrogens is 378 g/mol. The number of hydrogen-bond acceptors (Lipinski definition) is 2. The third-order valence-electron chi connectivity index (χ3n) is 4.93. The Labute approximate surface area is 127 Å². The molecule has 3 fully saturated rings. The summed E-state index contributed by atoms with van der Waals surface area (Å²) in [6.07, 6.45) is 4.22. The number of fused-ring (bicyclic) bond motifs is 5. The molecule has 1 aromatic rings. The number of nitrogens with one attached hydrogen (secondary N) is 1. The molecule has 4 atom stereocenters. The quantitative estimate of drug-likeness (QED) is 0.810. The summed E-state index contributed by atoms with van der Waals surface area (Å²) in [5.74, 6) is 3.50. The van der Waals surface area contributed by atoms with Crippen molar-refractivity contribution in [2.75, 3.05) is 0 Å². The van der Waals surface area contributed by atoms with Gasteiger partial charge in [-0.2, -0.15) is 0 Å². The third kappa shape index (κ3) is 1.66. The highest BCUT2D eigenvalue weighted by Crippen LogP contribution is 2.65. The van der Waals surface area contributed by atoms with Crippen molar-refractivity contribution in [2.24, 2.45) is 23.7 Å². The Morgan fingerprint density at radius 1 is 1.28 bits per heavy atom. The molecule has 5 heteroatoms. The van der Waals surface area contributed by atoms with Gasteiger partial charge >= 0.3 is 0 Å². The summed E-state index contributed by atoms with van der Waals surface area (Å²) >= 11 is 8.42. The summed E-state index contributed by atoms with van der Waals surface area (Å²) in [4.78, 5) is 12.2.